The highest BCUT2D eigenvalue weighted by Crippen LogP contribution is 2.01. The number of aliphatic imine (C=N–C) groups is 1. The molecule has 0 saturated carbocycles. The molecule has 1 aromatic rings. The Bertz CT molecular complexity index is 430. The number of hydrogen-bond donors (Lipinski definition) is 1. The van der Waals surface area contributed by atoms with Gasteiger partial charge in [-0.3, -0.25) is 0 Å². The number of benzene rings is 1. The minimum absolute atomic E-state index is 0.292. The molecule has 0 saturated heterocycles. The molecule has 0 aromatic heterocycles. The number of rotatable bonds is 6. The summed E-state index contributed by atoms with van der Waals surface area (Å²) in [4.78, 5) is 18.3. The minimum atomic E-state index is -0.391. The van der Waals surface area contributed by atoms with Crippen molar-refractivity contribution in [1.29, 1.82) is 0 Å². The Labute approximate surface area is 120 Å². The van der Waals surface area contributed by atoms with E-state index in [9.17, 15) is 4.79 Å². The highest BCUT2D eigenvalue weighted by atomic mass is 16.6. The molecule has 0 heterocycles. The molecule has 5 heteroatoms. The van der Waals surface area contributed by atoms with Crippen LogP contribution < -0.4 is 5.32 Å². The summed E-state index contributed by atoms with van der Waals surface area (Å²) < 4.78 is 5.27. The van der Waals surface area contributed by atoms with Gasteiger partial charge in [-0.1, -0.05) is 18.2 Å². The van der Waals surface area contributed by atoms with Gasteiger partial charge in [-0.25, -0.2) is 9.79 Å². The summed E-state index contributed by atoms with van der Waals surface area (Å²) in [5.41, 5.74) is 0.520. The number of nitrogens with one attached hydrogen (secondary N) is 1. The molecule has 0 aliphatic rings. The van der Waals surface area contributed by atoms with Gasteiger partial charge in [0.15, 0.2) is 0 Å². The van der Waals surface area contributed by atoms with Crippen LogP contribution in [0, 0.1) is 0 Å². The second-order valence-electron chi connectivity index (χ2n) is 4.63. The van der Waals surface area contributed by atoms with Crippen LogP contribution in [-0.2, 0) is 4.74 Å². The van der Waals surface area contributed by atoms with Crippen LogP contribution in [0.4, 0.5) is 0 Å². The van der Waals surface area contributed by atoms with Gasteiger partial charge >= 0.3 is 5.97 Å². The van der Waals surface area contributed by atoms with Gasteiger partial charge in [-0.2, -0.15) is 0 Å². The monoisotopic (exact) mass is 277 g/mol. The fraction of sp³-hybridized carbons (Fsp3) is 0.467. The number of carbonyl (C=O) groups excluding carboxylic acids is 1. The molecule has 110 valence electrons. The molecule has 0 aliphatic heterocycles. The summed E-state index contributed by atoms with van der Waals surface area (Å²) in [6.07, 6.45) is 0.921. The molecule has 1 aromatic carbocycles. The van der Waals surface area contributed by atoms with Gasteiger partial charge in [-0.05, 0) is 46.1 Å². The SMILES string of the molecule is CCNC(=NCCCN(C)C)OC(=O)c1ccccc1. The highest BCUT2D eigenvalue weighted by molar-refractivity contribution is 5.97. The van der Waals surface area contributed by atoms with E-state index in [1.54, 1.807) is 24.3 Å². The summed E-state index contributed by atoms with van der Waals surface area (Å²) in [5.74, 6) is -0.391. The van der Waals surface area contributed by atoms with Gasteiger partial charge in [0.1, 0.15) is 0 Å². The number of hydrogen-bond acceptors (Lipinski definition) is 4. The first-order valence-electron chi connectivity index (χ1n) is 6.83. The first-order valence-corrected chi connectivity index (χ1v) is 6.83. The molecule has 0 atom stereocenters. The number of carbonyl (C=O) groups is 1. The Kier molecular flexibility index (Phi) is 7.35. The van der Waals surface area contributed by atoms with Gasteiger partial charge in [0.25, 0.3) is 6.02 Å². The second-order valence-corrected chi connectivity index (χ2v) is 4.63. The maximum atomic E-state index is 11.9. The van der Waals surface area contributed by atoms with E-state index in [0.29, 0.717) is 24.7 Å². The maximum Gasteiger partial charge on any atom is 0.345 e. The molecular weight excluding hydrogens is 254 g/mol. The molecule has 0 fully saturated rings. The number of nitrogens with zero attached hydrogens (tertiary/aromatic N) is 2. The van der Waals surface area contributed by atoms with E-state index in [2.05, 4.69) is 15.2 Å². The Hall–Kier alpha value is -1.88. The van der Waals surface area contributed by atoms with E-state index in [1.807, 2.05) is 27.1 Å². The van der Waals surface area contributed by atoms with Crippen LogP contribution in [0.3, 0.4) is 0 Å². The molecule has 0 aliphatic carbocycles. The number of amidine groups is 1. The molecular formula is C15H23N3O2. The average Bonchev–Trinajstić information content (AvgIpc) is 2.44. The average molecular weight is 277 g/mol. The molecule has 1 N–H and O–H groups in total. The zero-order valence-electron chi connectivity index (χ0n) is 12.4. The number of ether oxygens (including phenoxy) is 1. The number of esters is 1. The van der Waals surface area contributed by atoms with Gasteiger partial charge in [0, 0.05) is 13.1 Å². The van der Waals surface area contributed by atoms with Crippen molar-refractivity contribution in [1.82, 2.24) is 10.2 Å². The van der Waals surface area contributed by atoms with Crippen LogP contribution in [0.25, 0.3) is 0 Å². The van der Waals surface area contributed by atoms with Crippen molar-refractivity contribution in [2.45, 2.75) is 13.3 Å². The lowest BCUT2D eigenvalue weighted by molar-refractivity contribution is 0.0707. The van der Waals surface area contributed by atoms with Gasteiger partial charge < -0.3 is 15.0 Å². The van der Waals surface area contributed by atoms with Crippen LogP contribution in [-0.4, -0.2) is 50.6 Å². The predicted octanol–water partition coefficient (Wildman–Crippen LogP) is 1.76. The summed E-state index contributed by atoms with van der Waals surface area (Å²) in [6, 6.07) is 9.20. The van der Waals surface area contributed by atoms with Crippen LogP contribution in [0.15, 0.2) is 35.3 Å². The van der Waals surface area contributed by atoms with E-state index in [0.717, 1.165) is 13.0 Å². The van der Waals surface area contributed by atoms with Crippen LogP contribution >= 0.6 is 0 Å². The molecule has 1 rings (SSSR count). The van der Waals surface area contributed by atoms with Crippen molar-refractivity contribution in [3.63, 3.8) is 0 Å². The molecule has 0 spiro atoms. The predicted molar refractivity (Wildman–Crippen MR) is 81.0 cm³/mol. The molecule has 0 bridgehead atoms. The van der Waals surface area contributed by atoms with E-state index < -0.39 is 5.97 Å². The Morgan fingerprint density at radius 2 is 2.00 bits per heavy atom. The van der Waals surface area contributed by atoms with Crippen molar-refractivity contribution in [3.8, 4) is 0 Å². The smallest absolute Gasteiger partial charge is 0.345 e. The van der Waals surface area contributed by atoms with Crippen molar-refractivity contribution >= 4 is 12.0 Å². The van der Waals surface area contributed by atoms with Gasteiger partial charge in [0.2, 0.25) is 0 Å². The van der Waals surface area contributed by atoms with Gasteiger partial charge in [-0.15, -0.1) is 0 Å². The second kappa shape index (κ2) is 9.09. The molecule has 0 unspecified atom stereocenters. The van der Waals surface area contributed by atoms with E-state index in [4.69, 9.17) is 4.74 Å². The van der Waals surface area contributed by atoms with Crippen molar-refractivity contribution in [2.75, 3.05) is 33.7 Å². The summed E-state index contributed by atoms with van der Waals surface area (Å²) in [5, 5.41) is 2.96. The Morgan fingerprint density at radius 1 is 1.30 bits per heavy atom. The van der Waals surface area contributed by atoms with Crippen molar-refractivity contribution in [2.24, 2.45) is 4.99 Å². The van der Waals surface area contributed by atoms with Crippen LogP contribution in [0.5, 0.6) is 0 Å². The highest BCUT2D eigenvalue weighted by Gasteiger charge is 2.10. The maximum absolute atomic E-state index is 11.9. The lowest BCUT2D eigenvalue weighted by Crippen LogP contribution is -2.29. The standard InChI is InChI=1S/C15H23N3O2/c1-4-16-15(17-11-8-12-18(2)3)20-14(19)13-9-6-5-7-10-13/h5-7,9-10H,4,8,11-12H2,1-3H3,(H,16,17). The minimum Gasteiger partial charge on any atom is -0.389 e. The molecule has 5 nitrogen and oxygen atoms in total. The first-order chi connectivity index (χ1) is 9.63. The van der Waals surface area contributed by atoms with Crippen LogP contribution in [0.1, 0.15) is 23.7 Å². The normalized spacial score (nSPS) is 11.5. The molecule has 0 radical (unpaired) electrons. The van der Waals surface area contributed by atoms with Crippen molar-refractivity contribution < 1.29 is 9.53 Å². The molecule has 0 amide bonds. The first kappa shape index (κ1) is 16.2. The Morgan fingerprint density at radius 3 is 2.60 bits per heavy atom. The molecule has 20 heavy (non-hydrogen) atoms. The summed E-state index contributed by atoms with van der Waals surface area (Å²) in [6.45, 7) is 4.18. The summed E-state index contributed by atoms with van der Waals surface area (Å²) >= 11 is 0. The third-order valence-corrected chi connectivity index (χ3v) is 2.55. The topological polar surface area (TPSA) is 53.9 Å². The third kappa shape index (κ3) is 6.33. The Balaban J connectivity index is 2.53. The zero-order valence-corrected chi connectivity index (χ0v) is 12.4. The van der Waals surface area contributed by atoms with Gasteiger partial charge in [0.05, 0.1) is 5.56 Å². The zero-order chi connectivity index (χ0) is 14.8. The lowest BCUT2D eigenvalue weighted by Gasteiger charge is -2.10. The lowest BCUT2D eigenvalue weighted by atomic mass is 10.2. The van der Waals surface area contributed by atoms with E-state index in [-0.39, 0.29) is 0 Å². The van der Waals surface area contributed by atoms with Crippen LogP contribution in [0.2, 0.25) is 0 Å². The fourth-order valence-corrected chi connectivity index (χ4v) is 1.56. The fourth-order valence-electron chi connectivity index (χ4n) is 1.56. The quantitative estimate of drug-likeness (QED) is 0.372. The van der Waals surface area contributed by atoms with E-state index in [1.165, 1.54) is 0 Å². The summed E-state index contributed by atoms with van der Waals surface area (Å²) in [7, 11) is 4.04. The largest absolute Gasteiger partial charge is 0.389 e. The third-order valence-electron chi connectivity index (χ3n) is 2.55. The van der Waals surface area contributed by atoms with Crippen molar-refractivity contribution in [3.05, 3.63) is 35.9 Å². The van der Waals surface area contributed by atoms with E-state index >= 15 is 0 Å².